The summed E-state index contributed by atoms with van der Waals surface area (Å²) < 4.78 is 5.60. The van der Waals surface area contributed by atoms with E-state index in [9.17, 15) is 0 Å². The third-order valence-electron chi connectivity index (χ3n) is 4.50. The van der Waals surface area contributed by atoms with E-state index in [-0.39, 0.29) is 6.61 Å². The van der Waals surface area contributed by atoms with Crippen molar-refractivity contribution in [1.82, 2.24) is 0 Å². The number of ether oxygens (including phenoxy) is 1. The lowest BCUT2D eigenvalue weighted by Crippen LogP contribution is -2.20. The smallest absolute Gasteiger partial charge is 0.148 e. The Hall–Kier alpha value is -2.15. The van der Waals surface area contributed by atoms with Crippen LogP contribution in [0.5, 0.6) is 5.75 Å². The highest BCUT2D eigenvalue weighted by Gasteiger charge is 2.21. The van der Waals surface area contributed by atoms with Crippen LogP contribution < -0.4 is 15.4 Å². The molecule has 3 rings (SSSR count). The Bertz CT molecular complexity index is 782. The van der Waals surface area contributed by atoms with Crippen molar-refractivity contribution in [3.63, 3.8) is 0 Å². The molecule has 4 heteroatoms. The first kappa shape index (κ1) is 17.7. The number of terminal acetylenes is 1. The van der Waals surface area contributed by atoms with Crippen molar-refractivity contribution in [1.29, 1.82) is 0 Å². The summed E-state index contributed by atoms with van der Waals surface area (Å²) in [5.74, 6) is 3.33. The van der Waals surface area contributed by atoms with Gasteiger partial charge in [0, 0.05) is 22.9 Å². The van der Waals surface area contributed by atoms with Gasteiger partial charge in [-0.3, -0.25) is 0 Å². The van der Waals surface area contributed by atoms with Crippen molar-refractivity contribution in [3.8, 4) is 18.1 Å². The van der Waals surface area contributed by atoms with E-state index in [0.29, 0.717) is 6.54 Å². The SMILES string of the molecule is C#CCOc1ccc2c(c1)CCc1ccc(Cl)cc1N2CCCCN. The lowest BCUT2D eigenvalue weighted by atomic mass is 10.0. The quantitative estimate of drug-likeness (QED) is 0.620. The van der Waals surface area contributed by atoms with E-state index in [0.717, 1.165) is 43.0 Å². The van der Waals surface area contributed by atoms with Gasteiger partial charge in [0.2, 0.25) is 0 Å². The molecule has 2 aromatic carbocycles. The predicted octanol–water partition coefficient (Wildman–Crippen LogP) is 4.33. The minimum atomic E-state index is 0.287. The predicted molar refractivity (Wildman–Crippen MR) is 105 cm³/mol. The number of anilines is 2. The number of unbranched alkanes of at least 4 members (excludes halogenated alkanes) is 1. The molecule has 0 radical (unpaired) electrons. The second-order valence-electron chi connectivity index (χ2n) is 6.20. The largest absolute Gasteiger partial charge is 0.481 e. The molecule has 0 aliphatic carbocycles. The number of aryl methyl sites for hydroxylation is 2. The fraction of sp³-hybridized carbons (Fsp3) is 0.333. The summed E-state index contributed by atoms with van der Waals surface area (Å²) in [4.78, 5) is 2.37. The molecule has 0 aromatic heterocycles. The Labute approximate surface area is 154 Å². The van der Waals surface area contributed by atoms with Crippen LogP contribution in [-0.2, 0) is 12.8 Å². The number of halogens is 1. The lowest BCUT2D eigenvalue weighted by molar-refractivity contribution is 0.370. The first-order chi connectivity index (χ1) is 12.2. The van der Waals surface area contributed by atoms with Crippen LogP contribution in [0.25, 0.3) is 0 Å². The molecule has 0 unspecified atom stereocenters. The van der Waals surface area contributed by atoms with Gasteiger partial charge in [-0.15, -0.1) is 6.42 Å². The lowest BCUT2D eigenvalue weighted by Gasteiger charge is -2.27. The zero-order valence-corrected chi connectivity index (χ0v) is 15.1. The Balaban J connectivity index is 1.98. The van der Waals surface area contributed by atoms with Crippen LogP contribution in [0, 0.1) is 12.3 Å². The van der Waals surface area contributed by atoms with Crippen LogP contribution in [0.3, 0.4) is 0 Å². The molecule has 0 spiro atoms. The van der Waals surface area contributed by atoms with Gasteiger partial charge < -0.3 is 15.4 Å². The van der Waals surface area contributed by atoms with E-state index < -0.39 is 0 Å². The number of benzene rings is 2. The average Bonchev–Trinajstić information content (AvgIpc) is 2.77. The Morgan fingerprint density at radius 2 is 1.92 bits per heavy atom. The molecule has 0 bridgehead atoms. The minimum Gasteiger partial charge on any atom is -0.481 e. The molecule has 0 saturated carbocycles. The summed E-state index contributed by atoms with van der Waals surface area (Å²) in [5.41, 5.74) is 10.7. The van der Waals surface area contributed by atoms with Gasteiger partial charge in [-0.1, -0.05) is 23.6 Å². The van der Waals surface area contributed by atoms with Crippen LogP contribution in [-0.4, -0.2) is 19.7 Å². The van der Waals surface area contributed by atoms with Crippen LogP contribution >= 0.6 is 11.6 Å². The van der Waals surface area contributed by atoms with Gasteiger partial charge in [0.15, 0.2) is 0 Å². The summed E-state index contributed by atoms with van der Waals surface area (Å²) >= 11 is 6.28. The van der Waals surface area contributed by atoms with Gasteiger partial charge in [0.05, 0.1) is 0 Å². The molecule has 2 aromatic rings. The van der Waals surface area contributed by atoms with Crippen LogP contribution in [0.4, 0.5) is 11.4 Å². The second-order valence-corrected chi connectivity index (χ2v) is 6.64. The van der Waals surface area contributed by atoms with Gasteiger partial charge in [0.1, 0.15) is 12.4 Å². The maximum Gasteiger partial charge on any atom is 0.148 e. The number of hydrogen-bond donors (Lipinski definition) is 1. The standard InChI is InChI=1S/C21H23ClN2O/c1-2-13-25-19-9-10-20-17(14-19)6-5-16-7-8-18(22)15-21(16)24(20)12-4-3-11-23/h1,7-10,14-15H,3-6,11-13,23H2. The zero-order chi connectivity index (χ0) is 17.6. The first-order valence-electron chi connectivity index (χ1n) is 8.68. The van der Waals surface area contributed by atoms with Crippen LogP contribution in [0.1, 0.15) is 24.0 Å². The number of rotatable bonds is 6. The zero-order valence-electron chi connectivity index (χ0n) is 14.3. The average molecular weight is 355 g/mol. The molecule has 130 valence electrons. The molecule has 1 heterocycles. The normalized spacial score (nSPS) is 12.8. The molecule has 3 nitrogen and oxygen atoms in total. The number of nitrogens with zero attached hydrogens (tertiary/aromatic N) is 1. The maximum atomic E-state index is 6.28. The Morgan fingerprint density at radius 3 is 2.72 bits per heavy atom. The minimum absolute atomic E-state index is 0.287. The number of hydrogen-bond acceptors (Lipinski definition) is 3. The third kappa shape index (κ3) is 4.10. The van der Waals surface area contributed by atoms with Gasteiger partial charge in [-0.2, -0.15) is 0 Å². The van der Waals surface area contributed by atoms with E-state index in [4.69, 9.17) is 28.5 Å². The molecule has 0 amide bonds. The van der Waals surface area contributed by atoms with E-state index >= 15 is 0 Å². The topological polar surface area (TPSA) is 38.5 Å². The van der Waals surface area contributed by atoms with Gasteiger partial charge in [-0.25, -0.2) is 0 Å². The van der Waals surface area contributed by atoms with Gasteiger partial charge in [-0.05, 0) is 73.7 Å². The van der Waals surface area contributed by atoms with Crippen LogP contribution in [0.15, 0.2) is 36.4 Å². The molecule has 2 N–H and O–H groups in total. The highest BCUT2D eigenvalue weighted by atomic mass is 35.5. The molecular formula is C21H23ClN2O. The molecule has 25 heavy (non-hydrogen) atoms. The molecule has 1 aliphatic rings. The van der Waals surface area contributed by atoms with E-state index in [1.807, 2.05) is 12.1 Å². The summed E-state index contributed by atoms with van der Waals surface area (Å²) in [6.07, 6.45) is 9.28. The highest BCUT2D eigenvalue weighted by molar-refractivity contribution is 6.30. The highest BCUT2D eigenvalue weighted by Crippen LogP contribution is 2.39. The summed E-state index contributed by atoms with van der Waals surface area (Å²) in [6.45, 7) is 1.92. The van der Waals surface area contributed by atoms with Gasteiger partial charge in [0.25, 0.3) is 0 Å². The number of nitrogens with two attached hydrogens (primary N) is 1. The maximum absolute atomic E-state index is 6.28. The third-order valence-corrected chi connectivity index (χ3v) is 4.74. The monoisotopic (exact) mass is 354 g/mol. The van der Waals surface area contributed by atoms with E-state index in [1.165, 1.54) is 22.5 Å². The molecule has 0 atom stereocenters. The fourth-order valence-electron chi connectivity index (χ4n) is 3.29. The Kier molecular flexibility index (Phi) is 5.86. The summed E-state index contributed by atoms with van der Waals surface area (Å²) in [6, 6.07) is 12.4. The molecular weight excluding hydrogens is 332 g/mol. The van der Waals surface area contributed by atoms with Crippen molar-refractivity contribution in [2.24, 2.45) is 5.73 Å². The summed E-state index contributed by atoms with van der Waals surface area (Å²) in [7, 11) is 0. The van der Waals surface area contributed by atoms with E-state index in [2.05, 4.69) is 35.1 Å². The van der Waals surface area contributed by atoms with Crippen molar-refractivity contribution in [2.45, 2.75) is 25.7 Å². The van der Waals surface area contributed by atoms with Crippen molar-refractivity contribution < 1.29 is 4.74 Å². The van der Waals surface area contributed by atoms with Crippen molar-refractivity contribution in [2.75, 3.05) is 24.6 Å². The second kappa shape index (κ2) is 8.29. The summed E-state index contributed by atoms with van der Waals surface area (Å²) in [5, 5.41) is 0.764. The molecule has 0 saturated heterocycles. The van der Waals surface area contributed by atoms with Gasteiger partial charge >= 0.3 is 0 Å². The Morgan fingerprint density at radius 1 is 1.08 bits per heavy atom. The van der Waals surface area contributed by atoms with Crippen LogP contribution in [0.2, 0.25) is 5.02 Å². The van der Waals surface area contributed by atoms with Crippen molar-refractivity contribution in [3.05, 3.63) is 52.5 Å². The van der Waals surface area contributed by atoms with E-state index in [1.54, 1.807) is 0 Å². The first-order valence-corrected chi connectivity index (χ1v) is 9.06. The van der Waals surface area contributed by atoms with Crippen molar-refractivity contribution >= 4 is 23.0 Å². The molecule has 0 fully saturated rings. The molecule has 1 aliphatic heterocycles. The number of fused-ring (bicyclic) bond motifs is 2. The fourth-order valence-corrected chi connectivity index (χ4v) is 3.46.